The van der Waals surface area contributed by atoms with Crippen molar-refractivity contribution < 1.29 is 38.7 Å². The number of hydrogen-bond acceptors (Lipinski definition) is 9. The number of rotatable bonds is 5. The summed E-state index contributed by atoms with van der Waals surface area (Å²) in [5.74, 6) is 1.12. The molecule has 9 nitrogen and oxygen atoms in total. The van der Waals surface area contributed by atoms with E-state index in [2.05, 4.69) is 0 Å². The molecule has 0 amide bonds. The highest BCUT2D eigenvalue weighted by Gasteiger charge is 2.39. The van der Waals surface area contributed by atoms with Crippen LogP contribution >= 0.6 is 0 Å². The highest BCUT2D eigenvalue weighted by Crippen LogP contribution is 2.39. The summed E-state index contributed by atoms with van der Waals surface area (Å²) in [5, 5.41) is 30.7. The van der Waals surface area contributed by atoms with Crippen molar-refractivity contribution in [3.63, 3.8) is 0 Å². The van der Waals surface area contributed by atoms with Gasteiger partial charge in [0.15, 0.2) is 11.5 Å². The molecule has 3 aromatic rings. The molecule has 166 valence electrons. The van der Waals surface area contributed by atoms with E-state index in [1.165, 1.54) is 33.5 Å². The maximum absolute atomic E-state index is 13.3. The second-order valence-electron chi connectivity index (χ2n) is 7.38. The SMILES string of the molecule is COc1cc2oc3cc(OC)c(C4OC(CO)CC(O)C4O)cc3c(=O)c2cc1OC. The summed E-state index contributed by atoms with van der Waals surface area (Å²) in [5.41, 5.74) is 0.641. The third-order valence-corrected chi connectivity index (χ3v) is 5.58. The zero-order valence-electron chi connectivity index (χ0n) is 17.3. The molecule has 0 aliphatic carbocycles. The van der Waals surface area contributed by atoms with E-state index in [0.29, 0.717) is 33.8 Å². The topological polar surface area (TPSA) is 128 Å². The van der Waals surface area contributed by atoms with Crippen LogP contribution in [0.3, 0.4) is 0 Å². The molecule has 31 heavy (non-hydrogen) atoms. The number of hydrogen-bond donors (Lipinski definition) is 3. The molecule has 4 rings (SSSR count). The van der Waals surface area contributed by atoms with Crippen LogP contribution in [0.5, 0.6) is 17.2 Å². The van der Waals surface area contributed by atoms with Crippen molar-refractivity contribution in [2.45, 2.75) is 30.8 Å². The van der Waals surface area contributed by atoms with Crippen LogP contribution in [-0.2, 0) is 4.74 Å². The average Bonchev–Trinajstić information content (AvgIpc) is 2.79. The zero-order valence-corrected chi connectivity index (χ0v) is 17.3. The van der Waals surface area contributed by atoms with E-state index in [1.807, 2.05) is 0 Å². The normalized spacial score (nSPS) is 23.8. The van der Waals surface area contributed by atoms with Crippen LogP contribution in [0.25, 0.3) is 21.9 Å². The molecule has 0 saturated carbocycles. The van der Waals surface area contributed by atoms with Crippen molar-refractivity contribution >= 4 is 21.9 Å². The van der Waals surface area contributed by atoms with Crippen LogP contribution in [0.1, 0.15) is 18.1 Å². The maximum atomic E-state index is 13.3. The second-order valence-corrected chi connectivity index (χ2v) is 7.38. The summed E-state index contributed by atoms with van der Waals surface area (Å²) in [6.45, 7) is -0.315. The Morgan fingerprint density at radius 3 is 2.13 bits per heavy atom. The van der Waals surface area contributed by atoms with Crippen LogP contribution in [-0.4, -0.2) is 61.6 Å². The number of aliphatic hydroxyl groups excluding tert-OH is 3. The molecular formula is C22H24O9. The van der Waals surface area contributed by atoms with Gasteiger partial charge in [-0.15, -0.1) is 0 Å². The van der Waals surface area contributed by atoms with Gasteiger partial charge in [-0.3, -0.25) is 4.79 Å². The fourth-order valence-electron chi connectivity index (χ4n) is 3.95. The maximum Gasteiger partial charge on any atom is 0.200 e. The van der Waals surface area contributed by atoms with Gasteiger partial charge in [0, 0.05) is 24.1 Å². The smallest absolute Gasteiger partial charge is 0.200 e. The molecule has 3 N–H and O–H groups in total. The molecule has 4 atom stereocenters. The van der Waals surface area contributed by atoms with Gasteiger partial charge in [-0.1, -0.05) is 0 Å². The van der Waals surface area contributed by atoms with E-state index < -0.39 is 24.4 Å². The lowest BCUT2D eigenvalue weighted by molar-refractivity contribution is -0.180. The monoisotopic (exact) mass is 432 g/mol. The molecule has 4 unspecified atom stereocenters. The number of ether oxygens (including phenoxy) is 4. The van der Waals surface area contributed by atoms with Gasteiger partial charge >= 0.3 is 0 Å². The summed E-state index contributed by atoms with van der Waals surface area (Å²) >= 11 is 0. The molecule has 1 aromatic heterocycles. The summed E-state index contributed by atoms with van der Waals surface area (Å²) in [6.07, 6.45) is -3.92. The van der Waals surface area contributed by atoms with Crippen molar-refractivity contribution in [2.75, 3.05) is 27.9 Å². The number of aliphatic hydroxyl groups is 3. The van der Waals surface area contributed by atoms with Crippen molar-refractivity contribution in [3.8, 4) is 17.2 Å². The van der Waals surface area contributed by atoms with Crippen molar-refractivity contribution in [3.05, 3.63) is 40.1 Å². The first kappa shape index (κ1) is 21.4. The predicted molar refractivity (Wildman–Crippen MR) is 111 cm³/mol. The fourth-order valence-corrected chi connectivity index (χ4v) is 3.95. The quantitative estimate of drug-likeness (QED) is 0.514. The van der Waals surface area contributed by atoms with Crippen LogP contribution in [0, 0.1) is 0 Å². The average molecular weight is 432 g/mol. The van der Waals surface area contributed by atoms with Gasteiger partial charge in [0.1, 0.15) is 29.1 Å². The molecule has 1 fully saturated rings. The lowest BCUT2D eigenvalue weighted by atomic mass is 9.92. The third kappa shape index (κ3) is 3.59. The standard InChI is InChI=1S/C22H24O9/c1-27-15-7-16-11(5-13(15)22-21(26)14(24)4-10(9-23)30-22)20(25)12-6-18(28-2)19(29-3)8-17(12)31-16/h5-8,10,14,21-24,26H,4,9H2,1-3H3. The first-order valence-electron chi connectivity index (χ1n) is 9.74. The van der Waals surface area contributed by atoms with Crippen molar-refractivity contribution in [1.82, 2.24) is 0 Å². The molecule has 1 aliphatic rings. The summed E-state index contributed by atoms with van der Waals surface area (Å²) in [7, 11) is 4.40. The van der Waals surface area contributed by atoms with Gasteiger partial charge in [-0.05, 0) is 12.1 Å². The van der Waals surface area contributed by atoms with Gasteiger partial charge in [-0.2, -0.15) is 0 Å². The van der Waals surface area contributed by atoms with Gasteiger partial charge in [0.05, 0.1) is 50.9 Å². The first-order valence-corrected chi connectivity index (χ1v) is 9.74. The summed E-state index contributed by atoms with van der Waals surface area (Å²) < 4.78 is 27.7. The molecular weight excluding hydrogens is 408 g/mol. The van der Waals surface area contributed by atoms with Crippen molar-refractivity contribution in [1.29, 1.82) is 0 Å². The highest BCUT2D eigenvalue weighted by atomic mass is 16.5. The number of fused-ring (bicyclic) bond motifs is 2. The van der Waals surface area contributed by atoms with E-state index in [9.17, 15) is 20.1 Å². The zero-order chi connectivity index (χ0) is 22.3. The van der Waals surface area contributed by atoms with Crippen LogP contribution in [0.15, 0.2) is 33.5 Å². The van der Waals surface area contributed by atoms with E-state index in [1.54, 1.807) is 12.1 Å². The Morgan fingerprint density at radius 2 is 1.52 bits per heavy atom. The van der Waals surface area contributed by atoms with Gasteiger partial charge in [0.2, 0.25) is 5.43 Å². The minimum atomic E-state index is -1.26. The lowest BCUT2D eigenvalue weighted by Gasteiger charge is -2.37. The molecule has 0 spiro atoms. The van der Waals surface area contributed by atoms with Crippen LogP contribution < -0.4 is 19.6 Å². The van der Waals surface area contributed by atoms with E-state index in [4.69, 9.17) is 23.4 Å². The molecule has 0 bridgehead atoms. The van der Waals surface area contributed by atoms with E-state index >= 15 is 0 Å². The van der Waals surface area contributed by atoms with Crippen molar-refractivity contribution in [2.24, 2.45) is 0 Å². The van der Waals surface area contributed by atoms with E-state index in [-0.39, 0.29) is 29.4 Å². The van der Waals surface area contributed by atoms with E-state index in [0.717, 1.165) is 0 Å². The Hall–Kier alpha value is -2.85. The molecule has 9 heteroatoms. The summed E-state index contributed by atoms with van der Waals surface area (Å²) in [4.78, 5) is 13.3. The Balaban J connectivity index is 1.94. The Bertz CT molecular complexity index is 1170. The minimum absolute atomic E-state index is 0.0957. The fraction of sp³-hybridized carbons (Fsp3) is 0.409. The Kier molecular flexibility index (Phi) is 5.76. The Morgan fingerprint density at radius 1 is 0.935 bits per heavy atom. The minimum Gasteiger partial charge on any atom is -0.496 e. The van der Waals surface area contributed by atoms with Gasteiger partial charge in [0.25, 0.3) is 0 Å². The summed E-state index contributed by atoms with van der Waals surface area (Å²) in [6, 6.07) is 6.18. The predicted octanol–water partition coefficient (Wildman–Crippen LogP) is 1.52. The largest absolute Gasteiger partial charge is 0.496 e. The number of benzene rings is 2. The molecule has 2 heterocycles. The van der Waals surface area contributed by atoms with Crippen LogP contribution in [0.2, 0.25) is 0 Å². The van der Waals surface area contributed by atoms with Crippen LogP contribution in [0.4, 0.5) is 0 Å². The number of methoxy groups -OCH3 is 3. The Labute approximate surface area is 177 Å². The second kappa shape index (κ2) is 8.35. The van der Waals surface area contributed by atoms with Gasteiger partial charge < -0.3 is 38.7 Å². The lowest BCUT2D eigenvalue weighted by Crippen LogP contribution is -2.44. The van der Waals surface area contributed by atoms with Gasteiger partial charge in [-0.25, -0.2) is 0 Å². The molecule has 1 aliphatic heterocycles. The highest BCUT2D eigenvalue weighted by molar-refractivity contribution is 5.92. The molecule has 0 radical (unpaired) electrons. The first-order chi connectivity index (χ1) is 14.9. The molecule has 1 saturated heterocycles. The molecule has 2 aromatic carbocycles. The third-order valence-electron chi connectivity index (χ3n) is 5.58.